The van der Waals surface area contributed by atoms with E-state index < -0.39 is 0 Å². The third-order valence-electron chi connectivity index (χ3n) is 1.96. The molecule has 0 aliphatic heterocycles. The Labute approximate surface area is 89.7 Å². The average Bonchev–Trinajstić information content (AvgIpc) is 2.66. The zero-order chi connectivity index (χ0) is 11.1. The molecule has 80 valence electrons. The molecule has 0 aliphatic carbocycles. The summed E-state index contributed by atoms with van der Waals surface area (Å²) in [6.45, 7) is 3.58. The van der Waals surface area contributed by atoms with Crippen LogP contribution in [-0.2, 0) is 17.8 Å². The molecule has 4 nitrogen and oxygen atoms in total. The summed E-state index contributed by atoms with van der Waals surface area (Å²) in [6.07, 6.45) is 9.08. The molecular formula is C11H15N3O. The Bertz CT molecular complexity index is 362. The fourth-order valence-corrected chi connectivity index (χ4v) is 1.23. The van der Waals surface area contributed by atoms with Crippen molar-refractivity contribution in [2.24, 2.45) is 0 Å². The van der Waals surface area contributed by atoms with Crippen molar-refractivity contribution in [2.75, 3.05) is 13.1 Å². The average molecular weight is 205 g/mol. The van der Waals surface area contributed by atoms with E-state index in [9.17, 15) is 4.79 Å². The molecule has 0 spiro atoms. The topological polar surface area (TPSA) is 46.9 Å². The highest BCUT2D eigenvalue weighted by Crippen LogP contribution is 1.99. The van der Waals surface area contributed by atoms with Crippen LogP contribution in [0.1, 0.15) is 12.5 Å². The van der Waals surface area contributed by atoms with Gasteiger partial charge in [0.15, 0.2) is 5.78 Å². The summed E-state index contributed by atoms with van der Waals surface area (Å²) in [6, 6.07) is 0. The van der Waals surface area contributed by atoms with Gasteiger partial charge in [0.05, 0.1) is 19.3 Å². The Kier molecular flexibility index (Phi) is 4.58. The van der Waals surface area contributed by atoms with Gasteiger partial charge in [0.2, 0.25) is 0 Å². The number of rotatable bonds is 6. The predicted molar refractivity (Wildman–Crippen MR) is 58.3 cm³/mol. The molecule has 0 fully saturated rings. The van der Waals surface area contributed by atoms with E-state index in [2.05, 4.69) is 16.3 Å². The minimum Gasteiger partial charge on any atom is -0.299 e. The van der Waals surface area contributed by atoms with Crippen molar-refractivity contribution in [2.45, 2.75) is 19.9 Å². The van der Waals surface area contributed by atoms with E-state index in [0.29, 0.717) is 19.5 Å². The summed E-state index contributed by atoms with van der Waals surface area (Å²) in [5.74, 6) is 2.55. The molecule has 0 aromatic carbocycles. The van der Waals surface area contributed by atoms with Gasteiger partial charge in [-0.25, -0.2) is 0 Å². The molecule has 0 unspecified atom stereocenters. The van der Waals surface area contributed by atoms with Gasteiger partial charge in [-0.15, -0.1) is 6.42 Å². The van der Waals surface area contributed by atoms with Crippen LogP contribution in [0.5, 0.6) is 0 Å². The SMILES string of the molecule is C#CCNCC(=O)Cc1cnn(CC)c1. The number of carbonyl (C=O) groups excluding carboxylic acids is 1. The van der Waals surface area contributed by atoms with Gasteiger partial charge in [0.25, 0.3) is 0 Å². The lowest BCUT2D eigenvalue weighted by Gasteiger charge is -1.98. The van der Waals surface area contributed by atoms with Crippen LogP contribution in [0.3, 0.4) is 0 Å². The molecule has 0 bridgehead atoms. The van der Waals surface area contributed by atoms with Crippen molar-refractivity contribution in [3.63, 3.8) is 0 Å². The summed E-state index contributed by atoms with van der Waals surface area (Å²) in [4.78, 5) is 11.4. The van der Waals surface area contributed by atoms with Crippen molar-refractivity contribution >= 4 is 5.78 Å². The molecule has 1 aromatic rings. The molecule has 0 atom stereocenters. The van der Waals surface area contributed by atoms with Gasteiger partial charge in [0.1, 0.15) is 0 Å². The second-order valence-electron chi connectivity index (χ2n) is 3.23. The molecule has 1 heterocycles. The first kappa shape index (κ1) is 11.5. The Morgan fingerprint density at radius 1 is 1.73 bits per heavy atom. The third kappa shape index (κ3) is 3.96. The van der Waals surface area contributed by atoms with E-state index in [0.717, 1.165) is 12.1 Å². The number of hydrogen-bond donors (Lipinski definition) is 1. The zero-order valence-corrected chi connectivity index (χ0v) is 8.86. The number of carbonyl (C=O) groups is 1. The first-order chi connectivity index (χ1) is 7.26. The van der Waals surface area contributed by atoms with Gasteiger partial charge < -0.3 is 0 Å². The van der Waals surface area contributed by atoms with Gasteiger partial charge in [-0.2, -0.15) is 5.10 Å². The van der Waals surface area contributed by atoms with Crippen LogP contribution < -0.4 is 5.32 Å². The standard InChI is InChI=1S/C11H15N3O/c1-3-5-12-8-11(15)6-10-7-13-14(4-2)9-10/h1,7,9,12H,4-6,8H2,2H3. The van der Waals surface area contributed by atoms with Crippen LogP contribution in [0.25, 0.3) is 0 Å². The minimum absolute atomic E-state index is 0.126. The number of aryl methyl sites for hydroxylation is 1. The van der Waals surface area contributed by atoms with E-state index in [1.54, 1.807) is 10.9 Å². The van der Waals surface area contributed by atoms with Gasteiger partial charge in [0, 0.05) is 19.2 Å². The second kappa shape index (κ2) is 5.99. The Balaban J connectivity index is 2.34. The van der Waals surface area contributed by atoms with Gasteiger partial charge in [-0.3, -0.25) is 14.8 Å². The van der Waals surface area contributed by atoms with E-state index >= 15 is 0 Å². The maximum Gasteiger partial charge on any atom is 0.151 e. The van der Waals surface area contributed by atoms with Crippen molar-refractivity contribution in [1.82, 2.24) is 15.1 Å². The van der Waals surface area contributed by atoms with Crippen LogP contribution in [0.4, 0.5) is 0 Å². The maximum absolute atomic E-state index is 11.4. The lowest BCUT2D eigenvalue weighted by molar-refractivity contribution is -0.117. The third-order valence-corrected chi connectivity index (χ3v) is 1.96. The molecule has 0 saturated heterocycles. The summed E-state index contributed by atoms with van der Waals surface area (Å²) < 4.78 is 1.80. The van der Waals surface area contributed by atoms with Gasteiger partial charge in [-0.05, 0) is 12.5 Å². The van der Waals surface area contributed by atoms with Crippen LogP contribution in [0.15, 0.2) is 12.4 Å². The van der Waals surface area contributed by atoms with Crippen LogP contribution in [-0.4, -0.2) is 28.7 Å². The first-order valence-corrected chi connectivity index (χ1v) is 4.93. The quantitative estimate of drug-likeness (QED) is 0.534. The lowest BCUT2D eigenvalue weighted by Crippen LogP contribution is -2.24. The highest BCUT2D eigenvalue weighted by Gasteiger charge is 2.04. The van der Waals surface area contributed by atoms with Crippen molar-refractivity contribution in [1.29, 1.82) is 0 Å². The first-order valence-electron chi connectivity index (χ1n) is 4.93. The summed E-state index contributed by atoms with van der Waals surface area (Å²) in [5, 5.41) is 6.96. The smallest absolute Gasteiger partial charge is 0.151 e. The highest BCUT2D eigenvalue weighted by molar-refractivity contribution is 5.82. The zero-order valence-electron chi connectivity index (χ0n) is 8.86. The fourth-order valence-electron chi connectivity index (χ4n) is 1.23. The van der Waals surface area contributed by atoms with E-state index in [-0.39, 0.29) is 5.78 Å². The monoisotopic (exact) mass is 205 g/mol. The summed E-state index contributed by atoms with van der Waals surface area (Å²) in [5.41, 5.74) is 0.948. The van der Waals surface area contributed by atoms with E-state index in [1.165, 1.54) is 0 Å². The number of nitrogens with one attached hydrogen (secondary N) is 1. The Morgan fingerprint density at radius 2 is 2.53 bits per heavy atom. The summed E-state index contributed by atoms with van der Waals surface area (Å²) >= 11 is 0. The number of hydrogen-bond acceptors (Lipinski definition) is 3. The Hall–Kier alpha value is -1.60. The van der Waals surface area contributed by atoms with Crippen molar-refractivity contribution in [3.8, 4) is 12.3 Å². The predicted octanol–water partition coefficient (Wildman–Crippen LogP) is 0.237. The molecule has 0 radical (unpaired) electrons. The van der Waals surface area contributed by atoms with Crippen molar-refractivity contribution < 1.29 is 4.79 Å². The van der Waals surface area contributed by atoms with Gasteiger partial charge >= 0.3 is 0 Å². The van der Waals surface area contributed by atoms with Crippen molar-refractivity contribution in [3.05, 3.63) is 18.0 Å². The van der Waals surface area contributed by atoms with Crippen LogP contribution in [0.2, 0.25) is 0 Å². The fraction of sp³-hybridized carbons (Fsp3) is 0.455. The number of ketones is 1. The Morgan fingerprint density at radius 3 is 3.13 bits per heavy atom. The molecule has 0 amide bonds. The molecule has 15 heavy (non-hydrogen) atoms. The number of aromatic nitrogens is 2. The van der Waals surface area contributed by atoms with Gasteiger partial charge in [-0.1, -0.05) is 5.92 Å². The largest absolute Gasteiger partial charge is 0.299 e. The second-order valence-corrected chi connectivity index (χ2v) is 3.23. The highest BCUT2D eigenvalue weighted by atomic mass is 16.1. The summed E-state index contributed by atoms with van der Waals surface area (Å²) in [7, 11) is 0. The van der Waals surface area contributed by atoms with Crippen LogP contribution >= 0.6 is 0 Å². The minimum atomic E-state index is 0.126. The molecule has 0 saturated carbocycles. The number of Topliss-reactive ketones (excluding diaryl/α,β-unsaturated/α-hetero) is 1. The molecule has 1 aromatic heterocycles. The normalized spacial score (nSPS) is 9.87. The molecule has 4 heteroatoms. The molecular weight excluding hydrogens is 190 g/mol. The lowest BCUT2D eigenvalue weighted by atomic mass is 10.2. The molecule has 1 rings (SSSR count). The van der Waals surface area contributed by atoms with E-state index in [4.69, 9.17) is 6.42 Å². The van der Waals surface area contributed by atoms with Crippen LogP contribution in [0, 0.1) is 12.3 Å². The maximum atomic E-state index is 11.4. The molecule has 0 aliphatic rings. The number of nitrogens with zero attached hydrogens (tertiary/aromatic N) is 2. The number of terminal acetylenes is 1. The molecule has 1 N–H and O–H groups in total. The van der Waals surface area contributed by atoms with E-state index in [1.807, 2.05) is 13.1 Å².